The molecule has 0 aliphatic heterocycles. The monoisotopic (exact) mass is 390 g/mol. The molecule has 0 saturated heterocycles. The van der Waals surface area contributed by atoms with Gasteiger partial charge in [-0.2, -0.15) is 0 Å². The van der Waals surface area contributed by atoms with Crippen LogP contribution < -0.4 is 10.5 Å². The third-order valence-electron chi connectivity index (χ3n) is 2.85. The fourth-order valence-electron chi connectivity index (χ4n) is 1.72. The highest BCUT2D eigenvalue weighted by Gasteiger charge is 2.30. The van der Waals surface area contributed by atoms with Crippen molar-refractivity contribution in [3.63, 3.8) is 0 Å². The smallest absolute Gasteiger partial charge is 0.406 e. The highest BCUT2D eigenvalue weighted by atomic mass is 19.4. The number of allylic oxidation sites excluding steroid dienone is 1. The maximum absolute atomic E-state index is 12.0. The van der Waals surface area contributed by atoms with Crippen molar-refractivity contribution in [3.05, 3.63) is 71.8 Å². The molecule has 8 heteroatoms. The van der Waals surface area contributed by atoms with Crippen molar-refractivity contribution in [1.82, 2.24) is 0 Å². The molecule has 3 N–H and O–H groups in total. The van der Waals surface area contributed by atoms with Gasteiger partial charge in [0.25, 0.3) is 0 Å². The van der Waals surface area contributed by atoms with E-state index in [0.29, 0.717) is 11.3 Å². The van der Waals surface area contributed by atoms with E-state index >= 15 is 0 Å². The molecule has 0 radical (unpaired) electrons. The SMILES string of the molecule is C=C(C)C.N=Cc1ccc(C(N)=NC=Nc2ccc(OC(F)(F)F)cc2)cc1. The molecule has 28 heavy (non-hydrogen) atoms. The Morgan fingerprint density at radius 3 is 2.07 bits per heavy atom. The summed E-state index contributed by atoms with van der Waals surface area (Å²) >= 11 is 0. The minimum atomic E-state index is -4.73. The number of alkyl halides is 3. The Labute approximate surface area is 161 Å². The van der Waals surface area contributed by atoms with Crippen LogP contribution in [0.1, 0.15) is 25.0 Å². The van der Waals surface area contributed by atoms with Crippen LogP contribution in [0.4, 0.5) is 18.9 Å². The Morgan fingerprint density at radius 1 is 1.07 bits per heavy atom. The number of hydrogen-bond acceptors (Lipinski definition) is 3. The third kappa shape index (κ3) is 9.33. The number of hydrogen-bond donors (Lipinski definition) is 2. The molecule has 0 bridgehead atoms. The average Bonchev–Trinajstić information content (AvgIpc) is 2.61. The first-order chi connectivity index (χ1) is 13.1. The summed E-state index contributed by atoms with van der Waals surface area (Å²) in [4.78, 5) is 7.94. The molecule has 2 rings (SSSR count). The van der Waals surface area contributed by atoms with E-state index in [2.05, 4.69) is 21.3 Å². The van der Waals surface area contributed by atoms with Gasteiger partial charge in [0, 0.05) is 11.8 Å². The van der Waals surface area contributed by atoms with Gasteiger partial charge in [0.05, 0.1) is 5.69 Å². The first-order valence-corrected chi connectivity index (χ1v) is 8.05. The maximum Gasteiger partial charge on any atom is 0.573 e. The van der Waals surface area contributed by atoms with Crippen LogP contribution in [0.5, 0.6) is 5.75 Å². The van der Waals surface area contributed by atoms with E-state index in [4.69, 9.17) is 11.1 Å². The maximum atomic E-state index is 12.0. The normalized spacial score (nSPS) is 11.5. The van der Waals surface area contributed by atoms with Gasteiger partial charge in [-0.3, -0.25) is 0 Å². The lowest BCUT2D eigenvalue weighted by Gasteiger charge is -2.08. The van der Waals surface area contributed by atoms with E-state index in [1.807, 2.05) is 13.8 Å². The molecule has 148 valence electrons. The van der Waals surface area contributed by atoms with Crippen molar-refractivity contribution in [1.29, 1.82) is 5.41 Å². The van der Waals surface area contributed by atoms with Crippen molar-refractivity contribution >= 4 is 24.1 Å². The summed E-state index contributed by atoms with van der Waals surface area (Å²) in [6.45, 7) is 7.50. The van der Waals surface area contributed by atoms with Crippen molar-refractivity contribution < 1.29 is 17.9 Å². The number of benzene rings is 2. The largest absolute Gasteiger partial charge is 0.573 e. The molecule has 0 atom stereocenters. The molecule has 2 aromatic rings. The molecule has 0 aromatic heterocycles. The van der Waals surface area contributed by atoms with Crippen molar-refractivity contribution in [2.45, 2.75) is 20.2 Å². The average molecular weight is 390 g/mol. The van der Waals surface area contributed by atoms with Crippen LogP contribution in [0, 0.1) is 5.41 Å². The molecule has 0 heterocycles. The van der Waals surface area contributed by atoms with Gasteiger partial charge in [-0.05, 0) is 43.7 Å². The zero-order chi connectivity index (χ0) is 21.2. The van der Waals surface area contributed by atoms with Gasteiger partial charge in [-0.1, -0.05) is 29.8 Å². The molecule has 5 nitrogen and oxygen atoms in total. The van der Waals surface area contributed by atoms with Gasteiger partial charge in [0.2, 0.25) is 0 Å². The van der Waals surface area contributed by atoms with Gasteiger partial charge in [-0.25, -0.2) is 9.98 Å². The lowest BCUT2D eigenvalue weighted by molar-refractivity contribution is -0.274. The fourth-order valence-corrected chi connectivity index (χ4v) is 1.72. The Morgan fingerprint density at radius 2 is 1.61 bits per heavy atom. The summed E-state index contributed by atoms with van der Waals surface area (Å²) < 4.78 is 39.9. The van der Waals surface area contributed by atoms with E-state index in [0.717, 1.165) is 17.7 Å². The quantitative estimate of drug-likeness (QED) is 0.416. The van der Waals surface area contributed by atoms with Crippen LogP contribution in [-0.4, -0.2) is 24.8 Å². The van der Waals surface area contributed by atoms with Crippen molar-refractivity contribution in [2.75, 3.05) is 0 Å². The predicted molar refractivity (Wildman–Crippen MR) is 107 cm³/mol. The molecule has 0 unspecified atom stereocenters. The van der Waals surface area contributed by atoms with Gasteiger partial charge in [-0.15, -0.1) is 19.8 Å². The molecule has 0 amide bonds. The van der Waals surface area contributed by atoms with E-state index in [9.17, 15) is 13.2 Å². The molecule has 0 saturated carbocycles. The van der Waals surface area contributed by atoms with E-state index in [-0.39, 0.29) is 11.6 Å². The third-order valence-corrected chi connectivity index (χ3v) is 2.85. The van der Waals surface area contributed by atoms with Crippen molar-refractivity contribution in [3.8, 4) is 5.75 Å². The van der Waals surface area contributed by atoms with Gasteiger partial charge < -0.3 is 15.9 Å². The number of amidine groups is 1. The molecule has 0 aliphatic carbocycles. The first kappa shape index (κ1) is 22.6. The molecule has 0 aliphatic rings. The summed E-state index contributed by atoms with van der Waals surface area (Å²) in [7, 11) is 0. The lowest BCUT2D eigenvalue weighted by Crippen LogP contribution is -2.16. The Balaban J connectivity index is 0.000000892. The lowest BCUT2D eigenvalue weighted by atomic mass is 10.1. The number of rotatable bonds is 5. The Kier molecular flexibility index (Phi) is 8.61. The van der Waals surface area contributed by atoms with E-state index in [1.54, 1.807) is 24.3 Å². The van der Waals surface area contributed by atoms with Crippen LogP contribution in [0.25, 0.3) is 0 Å². The summed E-state index contributed by atoms with van der Waals surface area (Å²) in [6.07, 6.45) is -2.30. The van der Waals surface area contributed by atoms with Crippen molar-refractivity contribution in [2.24, 2.45) is 15.7 Å². The highest BCUT2D eigenvalue weighted by Crippen LogP contribution is 2.24. The Hall–Kier alpha value is -3.42. The van der Waals surface area contributed by atoms with Crippen LogP contribution >= 0.6 is 0 Å². The van der Waals surface area contributed by atoms with Gasteiger partial charge in [0.15, 0.2) is 0 Å². The Bertz CT molecular complexity index is 835. The first-order valence-electron chi connectivity index (χ1n) is 8.05. The highest BCUT2D eigenvalue weighted by molar-refractivity contribution is 6.01. The molecular weight excluding hydrogens is 369 g/mol. The fraction of sp³-hybridized carbons (Fsp3) is 0.150. The van der Waals surface area contributed by atoms with Crippen LogP contribution in [0.15, 0.2) is 70.7 Å². The molecule has 0 fully saturated rings. The number of ether oxygens (including phenoxy) is 1. The number of halogens is 3. The summed E-state index contributed by atoms with van der Waals surface area (Å²) in [5.74, 6) is -0.0944. The number of nitrogens with two attached hydrogens (primary N) is 1. The summed E-state index contributed by atoms with van der Waals surface area (Å²) in [5, 5.41) is 7.11. The topological polar surface area (TPSA) is 83.8 Å². The van der Waals surface area contributed by atoms with Crippen LogP contribution in [-0.2, 0) is 0 Å². The minimum absolute atomic E-state index is 0.229. The zero-order valence-electron chi connectivity index (χ0n) is 15.5. The molecule has 2 aromatic carbocycles. The second-order valence-corrected chi connectivity index (χ2v) is 5.77. The molecular formula is C20H21F3N4O. The molecule has 0 spiro atoms. The van der Waals surface area contributed by atoms with Gasteiger partial charge >= 0.3 is 6.36 Å². The summed E-state index contributed by atoms with van der Waals surface area (Å²) in [5.41, 5.74) is 8.78. The van der Waals surface area contributed by atoms with Crippen LogP contribution in [0.2, 0.25) is 0 Å². The second-order valence-electron chi connectivity index (χ2n) is 5.77. The number of nitrogens with one attached hydrogen (secondary N) is 1. The minimum Gasteiger partial charge on any atom is -0.406 e. The predicted octanol–water partition coefficient (Wildman–Crippen LogP) is 5.23. The number of aliphatic imine (C=N–C) groups is 2. The van der Waals surface area contributed by atoms with Gasteiger partial charge in [0.1, 0.15) is 17.9 Å². The standard InChI is InChI=1S/C16H13F3N4O.C4H8/c17-16(18,19)24-14-7-5-13(6-8-14)22-10-23-15(21)12-3-1-11(9-20)2-4-12;1-4(2)3/h1-10,20H,(H2,21,22,23);1H2,2-3H3. The van der Waals surface area contributed by atoms with E-state index < -0.39 is 6.36 Å². The van der Waals surface area contributed by atoms with E-state index in [1.165, 1.54) is 30.3 Å². The summed E-state index contributed by atoms with van der Waals surface area (Å²) in [6, 6.07) is 11.9. The zero-order valence-corrected chi connectivity index (χ0v) is 15.5. The number of nitrogens with zero attached hydrogens (tertiary/aromatic N) is 2. The second kappa shape index (κ2) is 10.7. The van der Waals surface area contributed by atoms with Crippen LogP contribution in [0.3, 0.4) is 0 Å².